The SMILES string of the molecule is Cc1c(C(c2ccccc2)C2C(=O)N[C@](C)(c3ccccc3)C2=O)[nH]c2ccccc12. The van der Waals surface area contributed by atoms with Gasteiger partial charge in [0.1, 0.15) is 11.5 Å². The van der Waals surface area contributed by atoms with Crippen LogP contribution in [0.2, 0.25) is 0 Å². The summed E-state index contributed by atoms with van der Waals surface area (Å²) >= 11 is 0. The lowest BCUT2D eigenvalue weighted by molar-refractivity contribution is -0.129. The molecule has 5 rings (SSSR count). The largest absolute Gasteiger partial charge is 0.358 e. The summed E-state index contributed by atoms with van der Waals surface area (Å²) in [7, 11) is 0. The van der Waals surface area contributed by atoms with Crippen molar-refractivity contribution in [3.05, 3.63) is 107 Å². The number of hydrogen-bond acceptors (Lipinski definition) is 2. The molecule has 1 aliphatic heterocycles. The number of aromatic nitrogens is 1. The first kappa shape index (κ1) is 19.3. The average molecular weight is 409 g/mol. The molecule has 31 heavy (non-hydrogen) atoms. The molecule has 2 N–H and O–H groups in total. The van der Waals surface area contributed by atoms with Gasteiger partial charge in [0.15, 0.2) is 5.78 Å². The monoisotopic (exact) mass is 408 g/mol. The maximum absolute atomic E-state index is 13.9. The molecular weight excluding hydrogens is 384 g/mol. The average Bonchev–Trinajstić information content (AvgIpc) is 3.25. The van der Waals surface area contributed by atoms with Gasteiger partial charge in [0, 0.05) is 22.5 Å². The number of carbonyl (C=O) groups is 2. The van der Waals surface area contributed by atoms with Crippen molar-refractivity contribution >= 4 is 22.6 Å². The Morgan fingerprint density at radius 3 is 2.13 bits per heavy atom. The fourth-order valence-corrected chi connectivity index (χ4v) is 4.90. The number of aromatic amines is 1. The smallest absolute Gasteiger partial charge is 0.232 e. The van der Waals surface area contributed by atoms with Crippen molar-refractivity contribution in [3.63, 3.8) is 0 Å². The van der Waals surface area contributed by atoms with Gasteiger partial charge in [0.05, 0.1) is 0 Å². The van der Waals surface area contributed by atoms with Crippen LogP contribution in [-0.4, -0.2) is 16.7 Å². The summed E-state index contributed by atoms with van der Waals surface area (Å²) in [6, 6.07) is 27.4. The Hall–Kier alpha value is -3.66. The molecule has 3 aromatic carbocycles. The first-order valence-corrected chi connectivity index (χ1v) is 10.5. The van der Waals surface area contributed by atoms with Gasteiger partial charge in [-0.05, 0) is 36.6 Å². The zero-order valence-electron chi connectivity index (χ0n) is 17.6. The van der Waals surface area contributed by atoms with Crippen LogP contribution in [0.3, 0.4) is 0 Å². The molecule has 0 bridgehead atoms. The van der Waals surface area contributed by atoms with Crippen LogP contribution in [0.4, 0.5) is 0 Å². The number of carbonyl (C=O) groups excluding carboxylic acids is 2. The molecule has 0 spiro atoms. The summed E-state index contributed by atoms with van der Waals surface area (Å²) in [5, 5.41) is 4.12. The van der Waals surface area contributed by atoms with Crippen molar-refractivity contribution in [2.75, 3.05) is 0 Å². The standard InChI is InChI=1S/C27H24N2O2/c1-17-20-15-9-10-16-21(20)28-24(17)22(18-11-5-3-6-12-18)23-25(30)27(2,29-26(23)31)19-13-7-4-8-14-19/h3-16,22-23,28H,1-2H3,(H,29,31)/t22?,23?,27-/m1/s1. The molecule has 3 atom stereocenters. The van der Waals surface area contributed by atoms with E-state index in [2.05, 4.69) is 23.3 Å². The van der Waals surface area contributed by atoms with E-state index >= 15 is 0 Å². The molecule has 1 amide bonds. The van der Waals surface area contributed by atoms with E-state index in [-0.39, 0.29) is 11.7 Å². The molecular formula is C27H24N2O2. The first-order valence-electron chi connectivity index (χ1n) is 10.5. The van der Waals surface area contributed by atoms with E-state index in [1.54, 1.807) is 0 Å². The molecule has 4 heteroatoms. The lowest BCUT2D eigenvalue weighted by Crippen LogP contribution is -2.40. The third-order valence-electron chi connectivity index (χ3n) is 6.59. The van der Waals surface area contributed by atoms with Gasteiger partial charge in [0.2, 0.25) is 5.91 Å². The fourth-order valence-electron chi connectivity index (χ4n) is 4.90. The summed E-state index contributed by atoms with van der Waals surface area (Å²) in [6.45, 7) is 3.86. The van der Waals surface area contributed by atoms with Crippen LogP contribution in [0.5, 0.6) is 0 Å². The molecule has 0 saturated carbocycles. The van der Waals surface area contributed by atoms with Crippen molar-refractivity contribution in [3.8, 4) is 0 Å². The van der Waals surface area contributed by atoms with Crippen molar-refractivity contribution in [1.82, 2.24) is 10.3 Å². The van der Waals surface area contributed by atoms with E-state index in [1.807, 2.05) is 85.8 Å². The Kier molecular flexibility index (Phi) is 4.51. The van der Waals surface area contributed by atoms with Gasteiger partial charge in [-0.25, -0.2) is 0 Å². The van der Waals surface area contributed by atoms with Crippen LogP contribution in [0.1, 0.15) is 35.2 Å². The van der Waals surface area contributed by atoms with Crippen molar-refractivity contribution in [2.24, 2.45) is 5.92 Å². The van der Waals surface area contributed by atoms with Gasteiger partial charge in [-0.1, -0.05) is 78.9 Å². The third-order valence-corrected chi connectivity index (χ3v) is 6.59. The van der Waals surface area contributed by atoms with E-state index in [0.29, 0.717) is 0 Å². The summed E-state index contributed by atoms with van der Waals surface area (Å²) in [5.74, 6) is -1.55. The van der Waals surface area contributed by atoms with Crippen LogP contribution in [0.15, 0.2) is 84.9 Å². The van der Waals surface area contributed by atoms with Crippen LogP contribution in [0, 0.1) is 12.8 Å². The number of nitrogens with one attached hydrogen (secondary N) is 2. The van der Waals surface area contributed by atoms with Crippen LogP contribution >= 0.6 is 0 Å². The molecule has 0 radical (unpaired) electrons. The van der Waals surface area contributed by atoms with E-state index in [1.165, 1.54) is 0 Å². The Morgan fingerprint density at radius 2 is 1.45 bits per heavy atom. The van der Waals surface area contributed by atoms with E-state index in [9.17, 15) is 9.59 Å². The number of H-pyrrole nitrogens is 1. The highest BCUT2D eigenvalue weighted by molar-refractivity contribution is 6.14. The topological polar surface area (TPSA) is 62.0 Å². The second-order valence-electron chi connectivity index (χ2n) is 8.42. The van der Waals surface area contributed by atoms with Gasteiger partial charge in [-0.3, -0.25) is 9.59 Å². The van der Waals surface area contributed by atoms with E-state index < -0.39 is 17.4 Å². The number of fused-ring (bicyclic) bond motifs is 1. The Bertz CT molecular complexity index is 1280. The normalized spacial score (nSPS) is 21.9. The minimum Gasteiger partial charge on any atom is -0.358 e. The molecule has 1 aromatic heterocycles. The zero-order chi connectivity index (χ0) is 21.6. The van der Waals surface area contributed by atoms with Gasteiger partial charge in [0.25, 0.3) is 0 Å². The molecule has 0 aliphatic carbocycles. The summed E-state index contributed by atoms with van der Waals surface area (Å²) in [6.07, 6.45) is 0. The molecule has 1 fully saturated rings. The first-order chi connectivity index (χ1) is 15.0. The summed E-state index contributed by atoms with van der Waals surface area (Å²) in [5.41, 5.74) is 3.69. The summed E-state index contributed by atoms with van der Waals surface area (Å²) in [4.78, 5) is 30.7. The van der Waals surface area contributed by atoms with Crippen molar-refractivity contribution < 1.29 is 9.59 Å². The van der Waals surface area contributed by atoms with Crippen LogP contribution in [-0.2, 0) is 15.1 Å². The number of aryl methyl sites for hydroxylation is 1. The van der Waals surface area contributed by atoms with Gasteiger partial charge < -0.3 is 10.3 Å². The maximum Gasteiger partial charge on any atom is 0.232 e. The maximum atomic E-state index is 13.9. The molecule has 4 aromatic rings. The highest BCUT2D eigenvalue weighted by Gasteiger charge is 2.54. The number of para-hydroxylation sites is 1. The number of rotatable bonds is 4. The number of ketones is 1. The predicted molar refractivity (Wildman–Crippen MR) is 122 cm³/mol. The predicted octanol–water partition coefficient (Wildman–Crippen LogP) is 4.84. The second-order valence-corrected chi connectivity index (χ2v) is 8.42. The molecule has 1 aliphatic rings. The number of benzene rings is 3. The molecule has 2 unspecified atom stereocenters. The van der Waals surface area contributed by atoms with Gasteiger partial charge in [-0.2, -0.15) is 0 Å². The number of Topliss-reactive ketones (excluding diaryl/α,β-unsaturated/α-hetero) is 1. The molecule has 4 nitrogen and oxygen atoms in total. The zero-order valence-corrected chi connectivity index (χ0v) is 17.6. The minimum absolute atomic E-state index is 0.101. The Labute approximate surface area is 181 Å². The van der Waals surface area contributed by atoms with Crippen molar-refractivity contribution in [1.29, 1.82) is 0 Å². The highest BCUT2D eigenvalue weighted by Crippen LogP contribution is 2.43. The number of hydrogen-bond donors (Lipinski definition) is 2. The van der Waals surface area contributed by atoms with Gasteiger partial charge in [-0.15, -0.1) is 0 Å². The quantitative estimate of drug-likeness (QED) is 0.475. The Morgan fingerprint density at radius 1 is 0.839 bits per heavy atom. The van der Waals surface area contributed by atoms with Crippen LogP contribution < -0.4 is 5.32 Å². The number of amides is 1. The molecule has 154 valence electrons. The molecule has 1 saturated heterocycles. The lowest BCUT2D eigenvalue weighted by atomic mass is 9.76. The minimum atomic E-state index is -1.05. The highest BCUT2D eigenvalue weighted by atomic mass is 16.2. The fraction of sp³-hybridized carbons (Fsp3) is 0.185. The third kappa shape index (κ3) is 2.98. The molecule has 2 heterocycles. The Balaban J connectivity index is 1.68. The second kappa shape index (κ2) is 7.24. The summed E-state index contributed by atoms with van der Waals surface area (Å²) < 4.78 is 0. The van der Waals surface area contributed by atoms with Gasteiger partial charge >= 0.3 is 0 Å². The lowest BCUT2D eigenvalue weighted by Gasteiger charge is -2.25. The van der Waals surface area contributed by atoms with Crippen LogP contribution in [0.25, 0.3) is 10.9 Å². The van der Waals surface area contributed by atoms with Crippen molar-refractivity contribution in [2.45, 2.75) is 25.3 Å². The van der Waals surface area contributed by atoms with E-state index in [4.69, 9.17) is 0 Å². The van der Waals surface area contributed by atoms with E-state index in [0.717, 1.165) is 33.3 Å².